The summed E-state index contributed by atoms with van der Waals surface area (Å²) >= 11 is 0. The van der Waals surface area contributed by atoms with Crippen LogP contribution in [0.25, 0.3) is 0 Å². The minimum atomic E-state index is -0.568. The van der Waals surface area contributed by atoms with Crippen molar-refractivity contribution in [1.29, 1.82) is 0 Å². The number of cyclic esters (lactones) is 1. The third-order valence-electron chi connectivity index (χ3n) is 4.17. The Hall–Kier alpha value is -2.05. The molecule has 1 aliphatic carbocycles. The van der Waals surface area contributed by atoms with Gasteiger partial charge in [-0.3, -0.25) is 9.48 Å². The van der Waals surface area contributed by atoms with Crippen LogP contribution in [0.3, 0.4) is 0 Å². The molecule has 21 heavy (non-hydrogen) atoms. The van der Waals surface area contributed by atoms with E-state index in [2.05, 4.69) is 21.8 Å². The molecular weight excluding hydrogens is 272 g/mol. The van der Waals surface area contributed by atoms with E-state index in [0.29, 0.717) is 6.54 Å². The first-order valence-corrected chi connectivity index (χ1v) is 7.20. The van der Waals surface area contributed by atoms with Crippen LogP contribution in [0, 0.1) is 19.3 Å². The van der Waals surface area contributed by atoms with Gasteiger partial charge in [0.1, 0.15) is 12.6 Å². The average Bonchev–Trinajstić information content (AvgIpc) is 2.93. The van der Waals surface area contributed by atoms with Gasteiger partial charge in [0.05, 0.1) is 5.69 Å². The molecule has 3 rings (SSSR count). The number of hydrogen-bond donors (Lipinski definition) is 2. The predicted molar refractivity (Wildman–Crippen MR) is 74.6 cm³/mol. The highest BCUT2D eigenvalue weighted by atomic mass is 16.6. The summed E-state index contributed by atoms with van der Waals surface area (Å²) in [5.74, 6) is -0.180. The molecule has 0 radical (unpaired) electrons. The van der Waals surface area contributed by atoms with E-state index in [-0.39, 0.29) is 17.9 Å². The van der Waals surface area contributed by atoms with Crippen LogP contribution >= 0.6 is 0 Å². The molecule has 1 atom stereocenters. The second-order valence-electron chi connectivity index (χ2n) is 6.10. The molecule has 2 heterocycles. The van der Waals surface area contributed by atoms with Crippen LogP contribution in [0.4, 0.5) is 4.79 Å². The molecule has 1 aromatic rings. The van der Waals surface area contributed by atoms with E-state index in [1.54, 1.807) is 0 Å². The molecule has 0 aromatic carbocycles. The number of nitrogens with one attached hydrogen (secondary N) is 2. The van der Waals surface area contributed by atoms with Gasteiger partial charge in [-0.15, -0.1) is 0 Å². The molecule has 1 aliphatic heterocycles. The Kier molecular flexibility index (Phi) is 3.35. The van der Waals surface area contributed by atoms with Gasteiger partial charge in [-0.2, -0.15) is 5.10 Å². The summed E-state index contributed by atoms with van der Waals surface area (Å²) < 4.78 is 6.73. The topological polar surface area (TPSA) is 85.2 Å². The van der Waals surface area contributed by atoms with Crippen molar-refractivity contribution in [3.05, 3.63) is 17.5 Å². The van der Waals surface area contributed by atoms with Gasteiger partial charge in [-0.1, -0.05) is 0 Å². The Morgan fingerprint density at radius 2 is 2.33 bits per heavy atom. The molecule has 2 fully saturated rings. The number of hydrogen-bond acceptors (Lipinski definition) is 4. The third-order valence-corrected chi connectivity index (χ3v) is 4.17. The Bertz CT molecular complexity index is 577. The van der Waals surface area contributed by atoms with Gasteiger partial charge >= 0.3 is 6.09 Å². The summed E-state index contributed by atoms with van der Waals surface area (Å²) in [6, 6.07) is 1.49. The summed E-state index contributed by atoms with van der Waals surface area (Å²) in [4.78, 5) is 22.9. The van der Waals surface area contributed by atoms with E-state index in [4.69, 9.17) is 4.74 Å². The number of carbonyl (C=O) groups is 2. The molecule has 7 nitrogen and oxygen atoms in total. The molecule has 0 unspecified atom stereocenters. The maximum absolute atomic E-state index is 12.0. The molecule has 2 N–H and O–H groups in total. The van der Waals surface area contributed by atoms with Gasteiger partial charge in [0, 0.05) is 24.2 Å². The Balaban J connectivity index is 1.54. The number of aromatic nitrogens is 2. The van der Waals surface area contributed by atoms with Crippen molar-refractivity contribution in [2.45, 2.75) is 39.3 Å². The normalized spacial score (nSPS) is 22.6. The van der Waals surface area contributed by atoms with Gasteiger partial charge in [-0.25, -0.2) is 4.79 Å². The third kappa shape index (κ3) is 3.01. The molecule has 1 aromatic heterocycles. The van der Waals surface area contributed by atoms with Crippen molar-refractivity contribution in [2.24, 2.45) is 5.41 Å². The maximum atomic E-state index is 12.0. The predicted octanol–water partition coefficient (Wildman–Crippen LogP) is 0.505. The van der Waals surface area contributed by atoms with Crippen LogP contribution in [-0.4, -0.2) is 41.0 Å². The maximum Gasteiger partial charge on any atom is 0.407 e. The molecule has 7 heteroatoms. The first-order valence-electron chi connectivity index (χ1n) is 7.20. The van der Waals surface area contributed by atoms with Crippen LogP contribution < -0.4 is 10.6 Å². The van der Waals surface area contributed by atoms with E-state index in [9.17, 15) is 9.59 Å². The van der Waals surface area contributed by atoms with E-state index in [1.807, 2.05) is 18.5 Å². The molecule has 1 saturated heterocycles. The first kappa shape index (κ1) is 13.9. The van der Waals surface area contributed by atoms with Gasteiger partial charge in [0.25, 0.3) is 0 Å². The number of carbonyl (C=O) groups excluding carboxylic acids is 2. The number of aryl methyl sites for hydroxylation is 2. The quantitative estimate of drug-likeness (QED) is 0.828. The Morgan fingerprint density at radius 3 is 2.86 bits per heavy atom. The molecule has 1 saturated carbocycles. The Morgan fingerprint density at radius 1 is 1.57 bits per heavy atom. The van der Waals surface area contributed by atoms with Crippen molar-refractivity contribution < 1.29 is 14.3 Å². The standard InChI is InChI=1S/C14H20N4O3/c1-9-5-10(2)18(17-9)8-14(3-4-14)7-15-12(19)11-6-21-13(20)16-11/h5,11H,3-4,6-8H2,1-2H3,(H,15,19)(H,16,20)/t11-/m0/s1. The van der Waals surface area contributed by atoms with Crippen LogP contribution in [0.2, 0.25) is 0 Å². The molecule has 0 spiro atoms. The zero-order valence-corrected chi connectivity index (χ0v) is 12.3. The number of nitrogens with zero attached hydrogens (tertiary/aromatic N) is 2. The van der Waals surface area contributed by atoms with Crippen LogP contribution in [-0.2, 0) is 16.1 Å². The lowest BCUT2D eigenvalue weighted by Gasteiger charge is -2.18. The van der Waals surface area contributed by atoms with Crippen LogP contribution in [0.15, 0.2) is 6.07 Å². The molecule has 2 amide bonds. The monoisotopic (exact) mass is 292 g/mol. The minimum Gasteiger partial charge on any atom is -0.447 e. The van der Waals surface area contributed by atoms with E-state index in [0.717, 1.165) is 30.8 Å². The van der Waals surface area contributed by atoms with E-state index in [1.165, 1.54) is 0 Å². The molecular formula is C14H20N4O3. The highest BCUT2D eigenvalue weighted by Gasteiger charge is 2.44. The largest absolute Gasteiger partial charge is 0.447 e. The van der Waals surface area contributed by atoms with E-state index < -0.39 is 12.1 Å². The van der Waals surface area contributed by atoms with Crippen molar-refractivity contribution in [1.82, 2.24) is 20.4 Å². The molecule has 0 bridgehead atoms. The highest BCUT2D eigenvalue weighted by Crippen LogP contribution is 2.46. The minimum absolute atomic E-state index is 0.0996. The fourth-order valence-electron chi connectivity index (χ4n) is 2.64. The summed E-state index contributed by atoms with van der Waals surface area (Å²) in [5.41, 5.74) is 2.25. The lowest BCUT2D eigenvalue weighted by Crippen LogP contribution is -2.45. The lowest BCUT2D eigenvalue weighted by molar-refractivity contribution is -0.123. The second kappa shape index (κ2) is 5.05. The fraction of sp³-hybridized carbons (Fsp3) is 0.643. The number of alkyl carbamates (subject to hydrolysis) is 1. The number of ether oxygens (including phenoxy) is 1. The average molecular weight is 292 g/mol. The van der Waals surface area contributed by atoms with Crippen LogP contribution in [0.1, 0.15) is 24.2 Å². The van der Waals surface area contributed by atoms with Crippen LogP contribution in [0.5, 0.6) is 0 Å². The van der Waals surface area contributed by atoms with Gasteiger partial charge in [-0.05, 0) is 32.8 Å². The zero-order chi connectivity index (χ0) is 15.0. The first-order chi connectivity index (χ1) is 9.97. The van der Waals surface area contributed by atoms with Crippen molar-refractivity contribution in [3.8, 4) is 0 Å². The van der Waals surface area contributed by atoms with E-state index >= 15 is 0 Å². The smallest absolute Gasteiger partial charge is 0.407 e. The summed E-state index contributed by atoms with van der Waals surface area (Å²) in [5, 5.41) is 9.88. The lowest BCUT2D eigenvalue weighted by atomic mass is 10.1. The molecule has 2 aliphatic rings. The Labute approximate surface area is 123 Å². The highest BCUT2D eigenvalue weighted by molar-refractivity contribution is 5.87. The van der Waals surface area contributed by atoms with Gasteiger partial charge in [0.2, 0.25) is 5.91 Å². The molecule has 114 valence electrons. The summed E-state index contributed by atoms with van der Waals surface area (Å²) in [7, 11) is 0. The fourth-order valence-corrected chi connectivity index (χ4v) is 2.64. The van der Waals surface area contributed by atoms with Crippen molar-refractivity contribution >= 4 is 12.0 Å². The van der Waals surface area contributed by atoms with Gasteiger partial charge < -0.3 is 15.4 Å². The summed E-state index contributed by atoms with van der Waals surface area (Å²) in [6.45, 7) is 5.56. The SMILES string of the molecule is Cc1cc(C)n(CC2(CNC(=O)[C@@H]3COC(=O)N3)CC2)n1. The van der Waals surface area contributed by atoms with Crippen molar-refractivity contribution in [3.63, 3.8) is 0 Å². The second-order valence-corrected chi connectivity index (χ2v) is 6.10. The zero-order valence-electron chi connectivity index (χ0n) is 12.3. The number of amides is 2. The van der Waals surface area contributed by atoms with Gasteiger partial charge in [0.15, 0.2) is 0 Å². The number of rotatable bonds is 5. The summed E-state index contributed by atoms with van der Waals surface area (Å²) in [6.07, 6.45) is 1.64. The van der Waals surface area contributed by atoms with Crippen molar-refractivity contribution in [2.75, 3.05) is 13.2 Å².